The van der Waals surface area contributed by atoms with Crippen molar-refractivity contribution >= 4 is 21.1 Å². The number of rotatable bonds is 5. The molecule has 0 amide bonds. The third kappa shape index (κ3) is 2.13. The van der Waals surface area contributed by atoms with Gasteiger partial charge in [-0.25, -0.2) is 13.4 Å². The topological polar surface area (TPSA) is 86.3 Å². The molecule has 7 heteroatoms. The standard InChI is InChI=1S/C12H15N3O3S/c16-7-6-15(9-3-4-9)19(17,18)11-8-14-12-10(11)2-1-5-13-12/h1-2,5,8-9,16H,3-4,6-7H2,(H,13,14). The monoisotopic (exact) mass is 281 g/mol. The summed E-state index contributed by atoms with van der Waals surface area (Å²) < 4.78 is 26.7. The van der Waals surface area contributed by atoms with E-state index in [4.69, 9.17) is 5.11 Å². The van der Waals surface area contributed by atoms with Gasteiger partial charge in [-0.3, -0.25) is 0 Å². The normalized spacial score (nSPS) is 16.3. The van der Waals surface area contributed by atoms with Crippen LogP contribution in [-0.2, 0) is 10.0 Å². The minimum Gasteiger partial charge on any atom is -0.395 e. The fourth-order valence-electron chi connectivity index (χ4n) is 2.23. The zero-order valence-corrected chi connectivity index (χ0v) is 11.1. The molecule has 2 heterocycles. The minimum absolute atomic E-state index is 0.0266. The Morgan fingerprint density at radius 1 is 1.47 bits per heavy atom. The average molecular weight is 281 g/mol. The van der Waals surface area contributed by atoms with Crippen molar-refractivity contribution in [2.45, 2.75) is 23.8 Å². The first-order valence-corrected chi connectivity index (χ1v) is 7.63. The molecule has 0 saturated heterocycles. The summed E-state index contributed by atoms with van der Waals surface area (Å²) in [6.45, 7) is -0.0315. The van der Waals surface area contributed by atoms with Gasteiger partial charge in [0, 0.05) is 30.4 Å². The maximum Gasteiger partial charge on any atom is 0.245 e. The van der Waals surface area contributed by atoms with Gasteiger partial charge in [-0.1, -0.05) is 0 Å². The number of fused-ring (bicyclic) bond motifs is 1. The van der Waals surface area contributed by atoms with Crippen molar-refractivity contribution in [2.75, 3.05) is 13.2 Å². The molecule has 0 unspecified atom stereocenters. The number of hydrogen-bond acceptors (Lipinski definition) is 4. The van der Waals surface area contributed by atoms with E-state index < -0.39 is 10.0 Å². The van der Waals surface area contributed by atoms with Gasteiger partial charge in [-0.15, -0.1) is 0 Å². The van der Waals surface area contributed by atoms with Gasteiger partial charge in [-0.2, -0.15) is 4.31 Å². The molecule has 1 aliphatic rings. The second kappa shape index (κ2) is 4.59. The van der Waals surface area contributed by atoms with Crippen LogP contribution in [0.2, 0.25) is 0 Å². The van der Waals surface area contributed by atoms with Crippen LogP contribution in [0, 0.1) is 0 Å². The highest BCUT2D eigenvalue weighted by atomic mass is 32.2. The fraction of sp³-hybridized carbons (Fsp3) is 0.417. The summed E-state index contributed by atoms with van der Waals surface area (Å²) in [5.41, 5.74) is 0.556. The smallest absolute Gasteiger partial charge is 0.245 e. The summed E-state index contributed by atoms with van der Waals surface area (Å²) in [5.74, 6) is 0. The quantitative estimate of drug-likeness (QED) is 0.845. The van der Waals surface area contributed by atoms with Crippen molar-refractivity contribution in [3.05, 3.63) is 24.5 Å². The predicted octanol–water partition coefficient (Wildman–Crippen LogP) is 0.708. The number of aromatic nitrogens is 2. The Kier molecular flexibility index (Phi) is 3.04. The molecule has 1 fully saturated rings. The van der Waals surface area contributed by atoms with E-state index >= 15 is 0 Å². The summed E-state index contributed by atoms with van der Waals surface area (Å²) in [7, 11) is -3.58. The third-order valence-corrected chi connectivity index (χ3v) is 5.27. The van der Waals surface area contributed by atoms with Crippen molar-refractivity contribution in [3.8, 4) is 0 Å². The Morgan fingerprint density at radius 3 is 2.95 bits per heavy atom. The van der Waals surface area contributed by atoms with Crippen LogP contribution < -0.4 is 0 Å². The summed E-state index contributed by atoms with van der Waals surface area (Å²) in [6.07, 6.45) is 4.81. The molecular weight excluding hydrogens is 266 g/mol. The Labute approximate surface area is 111 Å². The second-order valence-electron chi connectivity index (χ2n) is 4.62. The molecule has 0 spiro atoms. The van der Waals surface area contributed by atoms with E-state index in [0.29, 0.717) is 11.0 Å². The highest BCUT2D eigenvalue weighted by Gasteiger charge is 2.38. The zero-order valence-electron chi connectivity index (χ0n) is 10.3. The molecule has 2 N–H and O–H groups in total. The number of aliphatic hydroxyl groups is 1. The van der Waals surface area contributed by atoms with Gasteiger partial charge in [0.1, 0.15) is 10.5 Å². The molecule has 19 heavy (non-hydrogen) atoms. The first kappa shape index (κ1) is 12.6. The number of nitrogens with one attached hydrogen (secondary N) is 1. The summed E-state index contributed by atoms with van der Waals surface area (Å²) >= 11 is 0. The highest BCUT2D eigenvalue weighted by Crippen LogP contribution is 2.33. The van der Waals surface area contributed by atoms with E-state index in [1.165, 1.54) is 10.5 Å². The lowest BCUT2D eigenvalue weighted by molar-refractivity contribution is 0.250. The molecule has 1 aliphatic carbocycles. The van der Waals surface area contributed by atoms with Gasteiger partial charge >= 0.3 is 0 Å². The van der Waals surface area contributed by atoms with Crippen molar-refractivity contribution in [1.82, 2.24) is 14.3 Å². The Hall–Kier alpha value is -1.44. The summed E-state index contributed by atoms with van der Waals surface area (Å²) in [6, 6.07) is 3.47. The summed E-state index contributed by atoms with van der Waals surface area (Å²) in [4.78, 5) is 7.20. The molecule has 2 aromatic heterocycles. The van der Waals surface area contributed by atoms with Crippen LogP contribution in [0.3, 0.4) is 0 Å². The molecular formula is C12H15N3O3S. The average Bonchev–Trinajstić information content (AvgIpc) is 3.13. The van der Waals surface area contributed by atoms with Crippen molar-refractivity contribution in [1.29, 1.82) is 0 Å². The predicted molar refractivity (Wildman–Crippen MR) is 70.1 cm³/mol. The van der Waals surface area contributed by atoms with Crippen LogP contribution in [0.25, 0.3) is 11.0 Å². The van der Waals surface area contributed by atoms with Gasteiger partial charge in [-0.05, 0) is 25.0 Å². The number of H-pyrrole nitrogens is 1. The largest absolute Gasteiger partial charge is 0.395 e. The van der Waals surface area contributed by atoms with E-state index in [1.54, 1.807) is 18.3 Å². The molecule has 3 rings (SSSR count). The van der Waals surface area contributed by atoms with Crippen LogP contribution in [0.5, 0.6) is 0 Å². The maximum atomic E-state index is 12.6. The molecule has 1 saturated carbocycles. The van der Waals surface area contributed by atoms with E-state index in [1.807, 2.05) is 0 Å². The number of aliphatic hydroxyl groups excluding tert-OH is 1. The SMILES string of the molecule is O=S(=O)(c1c[nH]c2ncccc12)N(CCO)C1CC1. The number of hydrogen-bond donors (Lipinski definition) is 2. The fourth-order valence-corrected chi connectivity index (χ4v) is 4.06. The molecule has 6 nitrogen and oxygen atoms in total. The Bertz CT molecular complexity index is 691. The molecule has 0 aromatic carbocycles. The second-order valence-corrected chi connectivity index (χ2v) is 6.48. The van der Waals surface area contributed by atoms with Gasteiger partial charge in [0.15, 0.2) is 0 Å². The molecule has 0 aliphatic heterocycles. The molecule has 0 radical (unpaired) electrons. The minimum atomic E-state index is -3.58. The van der Waals surface area contributed by atoms with Gasteiger partial charge in [0.25, 0.3) is 0 Å². The molecule has 0 atom stereocenters. The number of pyridine rings is 1. The van der Waals surface area contributed by atoms with Crippen LogP contribution in [0.4, 0.5) is 0 Å². The van der Waals surface area contributed by atoms with Crippen molar-refractivity contribution < 1.29 is 13.5 Å². The van der Waals surface area contributed by atoms with Crippen molar-refractivity contribution in [2.24, 2.45) is 0 Å². The van der Waals surface area contributed by atoms with Gasteiger partial charge in [0.2, 0.25) is 10.0 Å². The van der Waals surface area contributed by atoms with Crippen LogP contribution >= 0.6 is 0 Å². The Morgan fingerprint density at radius 2 is 2.26 bits per heavy atom. The highest BCUT2D eigenvalue weighted by molar-refractivity contribution is 7.89. The zero-order chi connectivity index (χ0) is 13.5. The molecule has 102 valence electrons. The van der Waals surface area contributed by atoms with Gasteiger partial charge < -0.3 is 10.1 Å². The summed E-state index contributed by atoms with van der Waals surface area (Å²) in [5, 5.41) is 9.65. The molecule has 2 aromatic rings. The molecule has 0 bridgehead atoms. The van der Waals surface area contributed by atoms with E-state index in [9.17, 15) is 8.42 Å². The first-order valence-electron chi connectivity index (χ1n) is 6.19. The number of sulfonamides is 1. The van der Waals surface area contributed by atoms with Crippen molar-refractivity contribution in [3.63, 3.8) is 0 Å². The van der Waals surface area contributed by atoms with Gasteiger partial charge in [0.05, 0.1) is 6.61 Å². The third-order valence-electron chi connectivity index (χ3n) is 3.27. The van der Waals surface area contributed by atoms with Crippen LogP contribution in [0.1, 0.15) is 12.8 Å². The van der Waals surface area contributed by atoms with Crippen LogP contribution in [0.15, 0.2) is 29.4 Å². The van der Waals surface area contributed by atoms with E-state index in [-0.39, 0.29) is 24.1 Å². The maximum absolute atomic E-state index is 12.6. The lowest BCUT2D eigenvalue weighted by Gasteiger charge is -2.20. The Balaban J connectivity index is 2.08. The number of nitrogens with zero attached hydrogens (tertiary/aromatic N) is 2. The van der Waals surface area contributed by atoms with Crippen LogP contribution in [-0.4, -0.2) is 47.0 Å². The van der Waals surface area contributed by atoms with E-state index in [0.717, 1.165) is 12.8 Å². The van der Waals surface area contributed by atoms with E-state index in [2.05, 4.69) is 9.97 Å². The lowest BCUT2D eigenvalue weighted by Crippen LogP contribution is -2.35. The first-order chi connectivity index (χ1) is 9.14. The lowest BCUT2D eigenvalue weighted by atomic mass is 10.3. The number of aromatic amines is 1.